The van der Waals surface area contributed by atoms with E-state index in [0.29, 0.717) is 48.3 Å². The smallest absolute Gasteiger partial charge is 0.187 e. The number of hydrogen-bond acceptors (Lipinski definition) is 17. The molecule has 17 nitrogen and oxygen atoms in total. The molecule has 3 saturated carbocycles. The van der Waals surface area contributed by atoms with Gasteiger partial charge in [-0.2, -0.15) is 0 Å². The summed E-state index contributed by atoms with van der Waals surface area (Å²) in [7, 11) is 0. The van der Waals surface area contributed by atoms with Crippen molar-refractivity contribution in [2.24, 2.45) is 46.3 Å². The second kappa shape index (κ2) is 17.3. The van der Waals surface area contributed by atoms with Gasteiger partial charge in [-0.3, -0.25) is 0 Å². The van der Waals surface area contributed by atoms with Gasteiger partial charge in [-0.15, -0.1) is 0 Å². The Labute approximate surface area is 363 Å². The summed E-state index contributed by atoms with van der Waals surface area (Å²) in [4.78, 5) is 0. The van der Waals surface area contributed by atoms with E-state index in [-0.39, 0.29) is 16.9 Å². The Kier molecular flexibility index (Phi) is 12.9. The third-order valence-electron chi connectivity index (χ3n) is 17.7. The second-order valence-corrected chi connectivity index (χ2v) is 21.1. The third kappa shape index (κ3) is 7.49. The summed E-state index contributed by atoms with van der Waals surface area (Å²) >= 11 is 0. The highest BCUT2D eigenvalue weighted by atomic mass is 16.8. The molecule has 0 bridgehead atoms. The first-order valence-electron chi connectivity index (χ1n) is 23.4. The maximum absolute atomic E-state index is 11.6. The van der Waals surface area contributed by atoms with E-state index in [1.165, 1.54) is 12.5 Å². The first-order chi connectivity index (χ1) is 29.4. The molecule has 0 radical (unpaired) electrons. The van der Waals surface area contributed by atoms with Gasteiger partial charge in [0.05, 0.1) is 38.1 Å². The van der Waals surface area contributed by atoms with Crippen LogP contribution < -0.4 is 0 Å². The molecule has 0 aromatic heterocycles. The van der Waals surface area contributed by atoms with Gasteiger partial charge in [0.2, 0.25) is 0 Å². The molecule has 8 fully saturated rings. The lowest BCUT2D eigenvalue weighted by Gasteiger charge is -2.59. The molecule has 5 saturated heterocycles. The van der Waals surface area contributed by atoms with E-state index in [1.807, 2.05) is 0 Å². The Balaban J connectivity index is 0.940. The zero-order valence-corrected chi connectivity index (χ0v) is 36.6. The first-order valence-corrected chi connectivity index (χ1v) is 23.4. The van der Waals surface area contributed by atoms with Crippen LogP contribution in [-0.4, -0.2) is 176 Å². The average molecular weight is 885 g/mol. The van der Waals surface area contributed by atoms with Crippen LogP contribution in [0.3, 0.4) is 0 Å². The van der Waals surface area contributed by atoms with E-state index < -0.39 is 117 Å². The Morgan fingerprint density at radius 2 is 1.34 bits per heavy atom. The topological polar surface area (TPSA) is 256 Å². The first kappa shape index (κ1) is 46.2. The minimum atomic E-state index is -1.84. The highest BCUT2D eigenvalue weighted by Crippen LogP contribution is 2.70. The molecule has 26 atom stereocenters. The maximum Gasteiger partial charge on any atom is 0.187 e. The normalized spacial score (nSPS) is 57.6. The highest BCUT2D eigenvalue weighted by Gasteiger charge is 2.69. The quantitative estimate of drug-likeness (QED) is 0.148. The zero-order valence-electron chi connectivity index (χ0n) is 36.6. The molecule has 4 aliphatic carbocycles. The van der Waals surface area contributed by atoms with Gasteiger partial charge in [-0.25, -0.2) is 0 Å². The molecule has 17 heteroatoms. The lowest BCUT2D eigenvalue weighted by molar-refractivity contribution is -0.394. The number of aliphatic hydroxyl groups excluding tert-OH is 9. The van der Waals surface area contributed by atoms with Crippen LogP contribution in [0, 0.1) is 46.3 Å². The van der Waals surface area contributed by atoms with Crippen molar-refractivity contribution in [3.05, 3.63) is 11.6 Å². The van der Waals surface area contributed by atoms with Gasteiger partial charge in [0.15, 0.2) is 24.7 Å². The van der Waals surface area contributed by atoms with Crippen LogP contribution in [0.15, 0.2) is 11.6 Å². The van der Waals surface area contributed by atoms with Gasteiger partial charge >= 0.3 is 0 Å². The van der Waals surface area contributed by atoms with Crippen molar-refractivity contribution >= 4 is 0 Å². The van der Waals surface area contributed by atoms with Gasteiger partial charge in [-0.05, 0) is 98.7 Å². The molecule has 9 N–H and O–H groups in total. The molecular formula is C45H72O17. The molecule has 354 valence electrons. The predicted octanol–water partition coefficient (Wildman–Crippen LogP) is 0.214. The van der Waals surface area contributed by atoms with Crippen LogP contribution in [0.1, 0.15) is 92.4 Å². The summed E-state index contributed by atoms with van der Waals surface area (Å²) in [6.07, 6.45) is -12.4. The number of allylic oxidation sites excluding steroid dienone is 1. The van der Waals surface area contributed by atoms with Gasteiger partial charge in [0.25, 0.3) is 0 Å². The van der Waals surface area contributed by atoms with E-state index in [4.69, 9.17) is 37.9 Å². The molecule has 26 unspecified atom stereocenters. The molecule has 9 aliphatic rings. The Hall–Kier alpha value is -0.940. The lowest BCUT2D eigenvalue weighted by Crippen LogP contribution is -2.67. The second-order valence-electron chi connectivity index (χ2n) is 21.1. The van der Waals surface area contributed by atoms with Crippen LogP contribution in [0.2, 0.25) is 0 Å². The molecular weight excluding hydrogens is 812 g/mol. The van der Waals surface area contributed by atoms with Crippen molar-refractivity contribution in [2.45, 2.75) is 203 Å². The summed E-state index contributed by atoms with van der Waals surface area (Å²) in [5.74, 6) is 2.52. The zero-order chi connectivity index (χ0) is 44.2. The van der Waals surface area contributed by atoms with Gasteiger partial charge in [0, 0.05) is 12.3 Å². The molecule has 62 heavy (non-hydrogen) atoms. The van der Waals surface area contributed by atoms with Crippen molar-refractivity contribution in [1.82, 2.24) is 0 Å². The highest BCUT2D eigenvalue weighted by molar-refractivity contribution is 5.26. The fourth-order valence-corrected chi connectivity index (χ4v) is 14.0. The Morgan fingerprint density at radius 3 is 2.03 bits per heavy atom. The van der Waals surface area contributed by atoms with Crippen molar-refractivity contribution in [3.8, 4) is 0 Å². The summed E-state index contributed by atoms with van der Waals surface area (Å²) in [5.41, 5.74) is 1.45. The summed E-state index contributed by atoms with van der Waals surface area (Å²) < 4.78 is 50.3. The average Bonchev–Trinajstić information content (AvgIpc) is 3.70. The molecule has 0 amide bonds. The van der Waals surface area contributed by atoms with E-state index >= 15 is 0 Å². The fourth-order valence-electron chi connectivity index (χ4n) is 14.0. The van der Waals surface area contributed by atoms with Crippen LogP contribution in [0.5, 0.6) is 0 Å². The predicted molar refractivity (Wildman–Crippen MR) is 214 cm³/mol. The van der Waals surface area contributed by atoms with Gasteiger partial charge in [-0.1, -0.05) is 39.3 Å². The van der Waals surface area contributed by atoms with Crippen LogP contribution in [0.4, 0.5) is 0 Å². The summed E-state index contributed by atoms with van der Waals surface area (Å²) in [6, 6.07) is 0. The lowest BCUT2D eigenvalue weighted by atomic mass is 9.47. The van der Waals surface area contributed by atoms with E-state index in [9.17, 15) is 46.0 Å². The minimum absolute atomic E-state index is 0.0484. The number of aliphatic hydroxyl groups is 9. The van der Waals surface area contributed by atoms with Crippen molar-refractivity contribution in [1.29, 1.82) is 0 Å². The van der Waals surface area contributed by atoms with Gasteiger partial charge in [0.1, 0.15) is 67.1 Å². The summed E-state index contributed by atoms with van der Waals surface area (Å²) in [6.45, 7) is 10.4. The molecule has 1 spiro atoms. The van der Waals surface area contributed by atoms with E-state index in [0.717, 1.165) is 51.6 Å². The van der Waals surface area contributed by atoms with Gasteiger partial charge < -0.3 is 83.9 Å². The molecule has 9 rings (SSSR count). The molecule has 5 aliphatic heterocycles. The van der Waals surface area contributed by atoms with Crippen LogP contribution in [0.25, 0.3) is 0 Å². The summed E-state index contributed by atoms with van der Waals surface area (Å²) in [5, 5.41) is 95.8. The molecule has 5 heterocycles. The molecule has 0 aromatic rings. The Bertz CT molecular complexity index is 1610. The maximum atomic E-state index is 11.6. The molecule has 0 aromatic carbocycles. The number of ether oxygens (including phenoxy) is 8. The number of fused-ring (bicyclic) bond motifs is 7. The number of rotatable bonds is 8. The minimum Gasteiger partial charge on any atom is -0.394 e. The van der Waals surface area contributed by atoms with Crippen LogP contribution in [-0.2, 0) is 37.9 Å². The monoisotopic (exact) mass is 884 g/mol. The largest absolute Gasteiger partial charge is 0.394 e. The van der Waals surface area contributed by atoms with Crippen LogP contribution >= 0.6 is 0 Å². The number of hydrogen-bond donors (Lipinski definition) is 9. The fraction of sp³-hybridized carbons (Fsp3) is 0.956. The van der Waals surface area contributed by atoms with E-state index in [1.54, 1.807) is 0 Å². The van der Waals surface area contributed by atoms with E-state index in [2.05, 4.69) is 33.8 Å². The van der Waals surface area contributed by atoms with Crippen molar-refractivity contribution < 1.29 is 83.9 Å². The Morgan fingerprint density at radius 1 is 0.677 bits per heavy atom. The van der Waals surface area contributed by atoms with Crippen molar-refractivity contribution in [3.63, 3.8) is 0 Å². The third-order valence-corrected chi connectivity index (χ3v) is 17.7. The van der Waals surface area contributed by atoms with Crippen molar-refractivity contribution in [2.75, 3.05) is 19.8 Å². The SMILES string of the molecule is CC1CCC2(OC1)OC1CC3C4CC=C5CC(OC6OC(CO)C(O)C(OC7OC(CO)C(O)C(O)C7O)C6OC6OC(C)C(O)C(O)C6O)CCC5(C)C4CCC3(C)C1C2C. The standard InChI is InChI=1S/C45H72O17/c1-19-8-13-45(55-18-19)20(2)30-27(62-45)15-26-24-7-6-22-14-23(9-11-43(22,4)25(24)10-12-44(26,30)5)57-42-39(61-40-36(53)34(51)31(48)21(3)56-40)38(33(50)29(17-47)59-42)60-41-37(54)35(52)32(49)28(16-46)58-41/h6,19-21,23-42,46-54H,7-18H2,1-5H3.